The first-order chi connectivity index (χ1) is 8.90. The molecular formula is C12H24N4O2S. The van der Waals surface area contributed by atoms with Crippen molar-refractivity contribution in [2.24, 2.45) is 16.9 Å². The van der Waals surface area contributed by atoms with Crippen LogP contribution in [-0.2, 0) is 4.79 Å². The molecule has 0 aromatic carbocycles. The number of hydrogen-bond acceptors (Lipinski definition) is 3. The second kappa shape index (κ2) is 8.68. The third-order valence-corrected chi connectivity index (χ3v) is 3.36. The van der Waals surface area contributed by atoms with E-state index >= 15 is 0 Å². The molecule has 0 aromatic rings. The van der Waals surface area contributed by atoms with E-state index < -0.39 is 11.4 Å². The molecule has 19 heavy (non-hydrogen) atoms. The highest BCUT2D eigenvalue weighted by molar-refractivity contribution is 7.80. The van der Waals surface area contributed by atoms with Gasteiger partial charge in [0.15, 0.2) is 0 Å². The van der Waals surface area contributed by atoms with Crippen LogP contribution in [0.25, 0.3) is 0 Å². The lowest BCUT2D eigenvalue weighted by Gasteiger charge is -2.31. The van der Waals surface area contributed by atoms with Gasteiger partial charge in [-0.15, -0.1) is 0 Å². The second-order valence-electron chi connectivity index (χ2n) is 4.49. The normalized spacial score (nSPS) is 10.8. The van der Waals surface area contributed by atoms with Crippen LogP contribution in [0.2, 0.25) is 0 Å². The maximum absolute atomic E-state index is 12.3. The maximum atomic E-state index is 12.3. The molecule has 0 saturated carbocycles. The van der Waals surface area contributed by atoms with Gasteiger partial charge in [0.25, 0.3) is 0 Å². The molecule has 3 amide bonds. The van der Waals surface area contributed by atoms with E-state index in [1.54, 1.807) is 0 Å². The summed E-state index contributed by atoms with van der Waals surface area (Å²) >= 11 is 5.08. The van der Waals surface area contributed by atoms with E-state index in [2.05, 4.69) is 10.6 Å². The van der Waals surface area contributed by atoms with Gasteiger partial charge in [0.05, 0.1) is 10.4 Å². The minimum absolute atomic E-state index is 0.171. The topological polar surface area (TPSA) is 110 Å². The Bertz CT molecular complexity index is 328. The van der Waals surface area contributed by atoms with Crippen LogP contribution in [0.15, 0.2) is 0 Å². The van der Waals surface area contributed by atoms with Crippen molar-refractivity contribution in [2.45, 2.75) is 39.5 Å². The molecule has 0 rings (SSSR count). The highest BCUT2D eigenvalue weighted by atomic mass is 32.1. The fourth-order valence-corrected chi connectivity index (χ4v) is 2.39. The summed E-state index contributed by atoms with van der Waals surface area (Å²) in [5.41, 5.74) is 9.93. The molecule has 0 radical (unpaired) electrons. The first-order valence-electron chi connectivity index (χ1n) is 6.52. The number of nitrogens with one attached hydrogen (secondary N) is 2. The molecule has 7 heteroatoms. The molecule has 0 fully saturated rings. The smallest absolute Gasteiger partial charge is 0.312 e. The van der Waals surface area contributed by atoms with Gasteiger partial charge in [0, 0.05) is 13.1 Å². The van der Waals surface area contributed by atoms with Gasteiger partial charge in [-0.25, -0.2) is 4.79 Å². The largest absolute Gasteiger partial charge is 0.392 e. The van der Waals surface area contributed by atoms with Crippen molar-refractivity contribution in [2.75, 3.05) is 13.1 Å². The number of carbonyl (C=O) groups excluding carboxylic acids is 2. The molecule has 6 nitrogen and oxygen atoms in total. The third-order valence-electron chi connectivity index (χ3n) is 2.97. The summed E-state index contributed by atoms with van der Waals surface area (Å²) in [5, 5.41) is 5.16. The Labute approximate surface area is 119 Å². The quantitative estimate of drug-likeness (QED) is 0.368. The van der Waals surface area contributed by atoms with Crippen LogP contribution >= 0.6 is 12.2 Å². The molecule has 0 unspecified atom stereocenters. The number of carbonyl (C=O) groups is 2. The van der Waals surface area contributed by atoms with Gasteiger partial charge in [0.2, 0.25) is 5.91 Å². The number of amides is 3. The Morgan fingerprint density at radius 2 is 1.53 bits per heavy atom. The zero-order valence-corrected chi connectivity index (χ0v) is 12.4. The third kappa shape index (κ3) is 5.42. The number of primary amides is 1. The average Bonchev–Trinajstić information content (AvgIpc) is 2.33. The molecule has 0 bridgehead atoms. The highest BCUT2D eigenvalue weighted by Crippen LogP contribution is 2.30. The first kappa shape index (κ1) is 17.6. The van der Waals surface area contributed by atoms with Crippen molar-refractivity contribution in [3.05, 3.63) is 0 Å². The summed E-state index contributed by atoms with van der Waals surface area (Å²) in [4.78, 5) is 23.1. The van der Waals surface area contributed by atoms with Gasteiger partial charge >= 0.3 is 6.03 Å². The van der Waals surface area contributed by atoms with E-state index in [0.29, 0.717) is 19.4 Å². The molecule has 0 aliphatic rings. The minimum atomic E-state index is -0.786. The van der Waals surface area contributed by atoms with Crippen molar-refractivity contribution < 1.29 is 9.59 Å². The predicted molar refractivity (Wildman–Crippen MR) is 79.6 cm³/mol. The standard InChI is InChI=1S/C12H24N4O2S/c1-3-5-12(6-4-2,9(13)19)10(17)15-7-8-16-11(14)18/h3-8H2,1-2H3,(H2,13,19)(H,15,17)(H3,14,16,18). The summed E-state index contributed by atoms with van der Waals surface area (Å²) in [6.45, 7) is 4.57. The molecule has 0 aromatic heterocycles. The minimum Gasteiger partial charge on any atom is -0.392 e. The average molecular weight is 288 g/mol. The summed E-state index contributed by atoms with van der Waals surface area (Å²) in [7, 11) is 0. The predicted octanol–water partition coefficient (Wildman–Crippen LogP) is 0.644. The Hall–Kier alpha value is -1.37. The van der Waals surface area contributed by atoms with Crippen LogP contribution in [0.3, 0.4) is 0 Å². The summed E-state index contributed by atoms with van der Waals surface area (Å²) in [5.74, 6) is -0.171. The zero-order valence-electron chi connectivity index (χ0n) is 11.6. The summed E-state index contributed by atoms with van der Waals surface area (Å²) in [6.07, 6.45) is 2.91. The molecule has 0 atom stereocenters. The summed E-state index contributed by atoms with van der Waals surface area (Å²) in [6, 6.07) is -0.614. The van der Waals surface area contributed by atoms with E-state index in [1.165, 1.54) is 0 Å². The lowest BCUT2D eigenvalue weighted by Crippen LogP contribution is -2.50. The summed E-state index contributed by atoms with van der Waals surface area (Å²) < 4.78 is 0. The van der Waals surface area contributed by atoms with Gasteiger partial charge in [-0.1, -0.05) is 38.9 Å². The van der Waals surface area contributed by atoms with E-state index in [0.717, 1.165) is 12.8 Å². The van der Waals surface area contributed by atoms with Crippen LogP contribution in [0.4, 0.5) is 4.79 Å². The molecule has 0 spiro atoms. The van der Waals surface area contributed by atoms with Crippen molar-refractivity contribution >= 4 is 29.1 Å². The number of nitrogens with two attached hydrogens (primary N) is 2. The number of hydrogen-bond donors (Lipinski definition) is 4. The lowest BCUT2D eigenvalue weighted by molar-refractivity contribution is -0.128. The van der Waals surface area contributed by atoms with Crippen molar-refractivity contribution in [3.8, 4) is 0 Å². The van der Waals surface area contributed by atoms with E-state index in [-0.39, 0.29) is 17.4 Å². The second-order valence-corrected chi connectivity index (χ2v) is 4.93. The SMILES string of the molecule is CCCC(CCC)(C(=O)NCCNC(N)=O)C(N)=S. The van der Waals surface area contributed by atoms with Gasteiger partial charge in [-0.3, -0.25) is 4.79 Å². The molecule has 110 valence electrons. The monoisotopic (exact) mass is 288 g/mol. The van der Waals surface area contributed by atoms with Crippen molar-refractivity contribution in [1.29, 1.82) is 0 Å². The van der Waals surface area contributed by atoms with Crippen LogP contribution in [0.5, 0.6) is 0 Å². The Morgan fingerprint density at radius 3 is 1.89 bits per heavy atom. The van der Waals surface area contributed by atoms with E-state index in [4.69, 9.17) is 23.7 Å². The number of thiocarbonyl (C=S) groups is 1. The molecule has 6 N–H and O–H groups in total. The number of urea groups is 1. The highest BCUT2D eigenvalue weighted by Gasteiger charge is 2.39. The van der Waals surface area contributed by atoms with E-state index in [1.807, 2.05) is 13.8 Å². The Balaban J connectivity index is 4.61. The molecule has 0 saturated heterocycles. The van der Waals surface area contributed by atoms with E-state index in [9.17, 15) is 9.59 Å². The fraction of sp³-hybridized carbons (Fsp3) is 0.750. The fourth-order valence-electron chi connectivity index (χ4n) is 2.09. The molecule has 0 heterocycles. The van der Waals surface area contributed by atoms with Crippen LogP contribution < -0.4 is 22.1 Å². The maximum Gasteiger partial charge on any atom is 0.312 e. The number of rotatable bonds is 9. The first-order valence-corrected chi connectivity index (χ1v) is 6.93. The lowest BCUT2D eigenvalue weighted by atomic mass is 9.78. The molecular weight excluding hydrogens is 264 g/mol. The van der Waals surface area contributed by atoms with Crippen molar-refractivity contribution in [1.82, 2.24) is 10.6 Å². The zero-order chi connectivity index (χ0) is 14.9. The Kier molecular flexibility index (Phi) is 8.06. The van der Waals surface area contributed by atoms with Crippen LogP contribution in [0, 0.1) is 5.41 Å². The van der Waals surface area contributed by atoms with Crippen molar-refractivity contribution in [3.63, 3.8) is 0 Å². The van der Waals surface area contributed by atoms with Crippen LogP contribution in [0.1, 0.15) is 39.5 Å². The van der Waals surface area contributed by atoms with Gasteiger partial charge in [-0.2, -0.15) is 0 Å². The molecule has 0 aliphatic carbocycles. The Morgan fingerprint density at radius 1 is 1.05 bits per heavy atom. The van der Waals surface area contributed by atoms with Gasteiger partial charge < -0.3 is 22.1 Å². The van der Waals surface area contributed by atoms with Crippen LogP contribution in [-0.4, -0.2) is 30.0 Å². The van der Waals surface area contributed by atoms with Gasteiger partial charge in [0.1, 0.15) is 0 Å². The molecule has 0 aliphatic heterocycles. The van der Waals surface area contributed by atoms with Gasteiger partial charge in [-0.05, 0) is 12.8 Å².